The second-order valence-corrected chi connectivity index (χ2v) is 7.14. The van der Waals surface area contributed by atoms with E-state index in [1.807, 2.05) is 7.05 Å². The van der Waals surface area contributed by atoms with E-state index in [4.69, 9.17) is 4.79 Å². The highest BCUT2D eigenvalue weighted by Gasteiger charge is 2.19. The van der Waals surface area contributed by atoms with E-state index in [-0.39, 0.29) is 0 Å². The van der Waals surface area contributed by atoms with Crippen molar-refractivity contribution in [2.75, 3.05) is 32.0 Å². The Balaban J connectivity index is 0.000000313. The molecule has 0 radical (unpaired) electrons. The van der Waals surface area contributed by atoms with Crippen LogP contribution in [-0.2, 0) is 11.2 Å². The molecule has 1 aliphatic heterocycles. The molecule has 166 valence electrons. The van der Waals surface area contributed by atoms with Crippen LogP contribution in [0.2, 0.25) is 0 Å². The summed E-state index contributed by atoms with van der Waals surface area (Å²) >= 11 is 0. The molecular formula is C24H35F2N3O. The molecule has 1 aliphatic rings. The predicted molar refractivity (Wildman–Crippen MR) is 121 cm³/mol. The number of hydrogen-bond acceptors (Lipinski definition) is 4. The fraction of sp³-hybridized carbons (Fsp3) is 0.458. The van der Waals surface area contributed by atoms with E-state index < -0.39 is 11.6 Å². The highest BCUT2D eigenvalue weighted by Crippen LogP contribution is 2.30. The number of aryl methyl sites for hydroxylation is 2. The van der Waals surface area contributed by atoms with Crippen molar-refractivity contribution >= 4 is 12.0 Å². The van der Waals surface area contributed by atoms with Crippen molar-refractivity contribution in [3.63, 3.8) is 0 Å². The number of anilines is 1. The summed E-state index contributed by atoms with van der Waals surface area (Å²) in [5.41, 5.74) is 4.79. The van der Waals surface area contributed by atoms with Gasteiger partial charge in [0.2, 0.25) is 0 Å². The third-order valence-corrected chi connectivity index (χ3v) is 4.65. The molecule has 0 fully saturated rings. The van der Waals surface area contributed by atoms with E-state index in [1.54, 1.807) is 6.92 Å². The maximum atomic E-state index is 12.2. The molecule has 30 heavy (non-hydrogen) atoms. The Bertz CT molecular complexity index is 718. The van der Waals surface area contributed by atoms with Crippen LogP contribution < -0.4 is 16.0 Å². The van der Waals surface area contributed by atoms with Gasteiger partial charge in [-0.3, -0.25) is 0 Å². The zero-order valence-corrected chi connectivity index (χ0v) is 18.5. The number of carbonyl (C=O) groups is 1. The molecule has 0 aliphatic carbocycles. The zero-order valence-electron chi connectivity index (χ0n) is 18.5. The number of benzene rings is 2. The number of carbonyl (C=O) groups excluding carboxylic acids is 1. The molecule has 3 N–H and O–H groups in total. The van der Waals surface area contributed by atoms with Gasteiger partial charge in [-0.25, -0.2) is 8.78 Å². The lowest BCUT2D eigenvalue weighted by molar-refractivity contribution is -0.106. The van der Waals surface area contributed by atoms with Crippen LogP contribution in [0.25, 0.3) is 0 Å². The van der Waals surface area contributed by atoms with Crippen LogP contribution >= 0.6 is 0 Å². The minimum atomic E-state index is -0.521. The van der Waals surface area contributed by atoms with Crippen molar-refractivity contribution in [1.82, 2.24) is 10.6 Å². The molecule has 0 bridgehead atoms. The van der Waals surface area contributed by atoms with Crippen LogP contribution in [0.15, 0.2) is 36.4 Å². The molecule has 1 atom stereocenters. The van der Waals surface area contributed by atoms with E-state index in [0.29, 0.717) is 11.6 Å². The summed E-state index contributed by atoms with van der Waals surface area (Å²) in [5.74, 6) is -1.04. The predicted octanol–water partition coefficient (Wildman–Crippen LogP) is 4.78. The Morgan fingerprint density at radius 2 is 1.80 bits per heavy atom. The topological polar surface area (TPSA) is 53.2 Å². The monoisotopic (exact) mass is 419 g/mol. The van der Waals surface area contributed by atoms with Crippen LogP contribution in [0.4, 0.5) is 14.5 Å². The Hall–Kier alpha value is -2.31. The van der Waals surface area contributed by atoms with Gasteiger partial charge in [0.05, 0.1) is 0 Å². The first-order valence-corrected chi connectivity index (χ1v) is 10.5. The lowest BCUT2D eigenvalue weighted by atomic mass is 9.95. The van der Waals surface area contributed by atoms with E-state index in [1.165, 1.54) is 48.7 Å². The van der Waals surface area contributed by atoms with Gasteiger partial charge in [-0.15, -0.1) is 0 Å². The molecular weight excluding hydrogens is 384 g/mol. The Kier molecular flexibility index (Phi) is 12.6. The smallest absolute Gasteiger partial charge is 0.126 e. The normalized spacial score (nSPS) is 14.3. The van der Waals surface area contributed by atoms with Gasteiger partial charge >= 0.3 is 0 Å². The van der Waals surface area contributed by atoms with Crippen LogP contribution in [0, 0.1) is 18.6 Å². The van der Waals surface area contributed by atoms with Crippen LogP contribution in [0.5, 0.6) is 0 Å². The Morgan fingerprint density at radius 3 is 2.37 bits per heavy atom. The van der Waals surface area contributed by atoms with Crippen molar-refractivity contribution in [2.45, 2.75) is 46.1 Å². The van der Waals surface area contributed by atoms with E-state index in [9.17, 15) is 8.78 Å². The highest BCUT2D eigenvalue weighted by atomic mass is 19.1. The number of halogens is 2. The summed E-state index contributed by atoms with van der Waals surface area (Å²) in [4.78, 5) is 8.81. The van der Waals surface area contributed by atoms with Gasteiger partial charge in [-0.1, -0.05) is 19.1 Å². The number of nitrogens with one attached hydrogen (secondary N) is 3. The largest absolute Gasteiger partial charge is 0.385 e. The second kappa shape index (κ2) is 14.6. The van der Waals surface area contributed by atoms with Crippen molar-refractivity contribution < 1.29 is 13.6 Å². The molecule has 1 heterocycles. The third-order valence-electron chi connectivity index (χ3n) is 4.65. The van der Waals surface area contributed by atoms with Crippen molar-refractivity contribution in [1.29, 1.82) is 0 Å². The first kappa shape index (κ1) is 25.7. The summed E-state index contributed by atoms with van der Waals surface area (Å²) in [5, 5.41) is 10.4. The van der Waals surface area contributed by atoms with Gasteiger partial charge in [-0.05, 0) is 88.1 Å². The summed E-state index contributed by atoms with van der Waals surface area (Å²) in [6.45, 7) is 8.54. The molecule has 0 aromatic heterocycles. The quantitative estimate of drug-likeness (QED) is 0.466. The SMILES string of the molecule is CC=O.CCc1ccc2c(c1)C(NCCCNC)CCN2.Cc1cc(F)cc(F)c1. The minimum Gasteiger partial charge on any atom is -0.385 e. The van der Waals surface area contributed by atoms with Crippen LogP contribution in [0.1, 0.15) is 49.4 Å². The molecule has 3 rings (SSSR count). The lowest BCUT2D eigenvalue weighted by Gasteiger charge is -2.28. The second-order valence-electron chi connectivity index (χ2n) is 7.14. The molecule has 4 nitrogen and oxygen atoms in total. The molecule has 1 unspecified atom stereocenters. The third kappa shape index (κ3) is 9.46. The maximum absolute atomic E-state index is 12.2. The number of hydrogen-bond donors (Lipinski definition) is 3. The molecule has 0 spiro atoms. The van der Waals surface area contributed by atoms with E-state index in [0.717, 1.165) is 38.4 Å². The lowest BCUT2D eigenvalue weighted by Crippen LogP contribution is -2.30. The first-order valence-electron chi connectivity index (χ1n) is 10.5. The van der Waals surface area contributed by atoms with Crippen LogP contribution in [-0.4, -0.2) is 33.0 Å². The molecule has 0 saturated heterocycles. The summed E-state index contributed by atoms with van der Waals surface area (Å²) < 4.78 is 24.4. The van der Waals surface area contributed by atoms with Gasteiger partial charge < -0.3 is 20.7 Å². The summed E-state index contributed by atoms with van der Waals surface area (Å²) in [7, 11) is 2.01. The first-order chi connectivity index (χ1) is 14.4. The average Bonchev–Trinajstić information content (AvgIpc) is 2.71. The minimum absolute atomic E-state index is 0.518. The van der Waals surface area contributed by atoms with Gasteiger partial charge in [0.15, 0.2) is 0 Å². The maximum Gasteiger partial charge on any atom is 0.126 e. The number of fused-ring (bicyclic) bond motifs is 1. The summed E-state index contributed by atoms with van der Waals surface area (Å²) in [6, 6.07) is 10.8. The molecule has 2 aromatic carbocycles. The highest BCUT2D eigenvalue weighted by molar-refractivity contribution is 5.56. The zero-order chi connectivity index (χ0) is 22.4. The Labute approximate surface area is 179 Å². The van der Waals surface area contributed by atoms with E-state index >= 15 is 0 Å². The van der Waals surface area contributed by atoms with Crippen LogP contribution in [0.3, 0.4) is 0 Å². The fourth-order valence-electron chi connectivity index (χ4n) is 3.23. The number of aldehydes is 1. The van der Waals surface area contributed by atoms with E-state index in [2.05, 4.69) is 41.1 Å². The van der Waals surface area contributed by atoms with Gasteiger partial charge in [-0.2, -0.15) is 0 Å². The average molecular weight is 420 g/mol. The Morgan fingerprint density at radius 1 is 1.13 bits per heavy atom. The molecule has 2 aromatic rings. The van der Waals surface area contributed by atoms with Crippen molar-refractivity contribution in [2.24, 2.45) is 0 Å². The summed E-state index contributed by atoms with van der Waals surface area (Å²) in [6.07, 6.45) is 4.22. The van der Waals surface area contributed by atoms with Gasteiger partial charge in [0.25, 0.3) is 0 Å². The van der Waals surface area contributed by atoms with Crippen molar-refractivity contribution in [3.8, 4) is 0 Å². The molecule has 0 saturated carbocycles. The molecule has 6 heteroatoms. The van der Waals surface area contributed by atoms with Crippen molar-refractivity contribution in [3.05, 3.63) is 64.7 Å². The molecule has 0 amide bonds. The number of rotatable bonds is 6. The van der Waals surface area contributed by atoms with Gasteiger partial charge in [0, 0.05) is 24.3 Å². The fourth-order valence-corrected chi connectivity index (χ4v) is 3.23. The standard InChI is InChI=1S/C15H25N3.C7H6F2.C2H4O/c1-3-12-5-6-14-13(11-12)15(7-10-18-14)17-9-4-8-16-2;1-5-2-6(8)4-7(9)3-5;1-2-3/h5-6,11,15-18H,3-4,7-10H2,1-2H3;2-4H,1H3;2H,1H3. The van der Waals surface area contributed by atoms with Gasteiger partial charge in [0.1, 0.15) is 17.9 Å².